The first kappa shape index (κ1) is 13.8. The zero-order chi connectivity index (χ0) is 13.7. The van der Waals surface area contributed by atoms with Crippen LogP contribution in [0.3, 0.4) is 0 Å². The van der Waals surface area contributed by atoms with Crippen molar-refractivity contribution in [2.75, 3.05) is 13.7 Å². The van der Waals surface area contributed by atoms with Crippen molar-refractivity contribution in [1.29, 1.82) is 0 Å². The number of nitrogens with zero attached hydrogens (tertiary/aromatic N) is 1. The van der Waals surface area contributed by atoms with Crippen molar-refractivity contribution in [2.24, 2.45) is 5.92 Å². The number of rotatable bonds is 4. The third-order valence-electron chi connectivity index (χ3n) is 3.71. The number of carbonyl (C=O) groups is 1. The van der Waals surface area contributed by atoms with Gasteiger partial charge in [0.15, 0.2) is 0 Å². The second-order valence-corrected chi connectivity index (χ2v) is 4.88. The fraction of sp³-hybridized carbons (Fsp3) is 0.571. The fourth-order valence-corrected chi connectivity index (χ4v) is 2.59. The maximum Gasteiger partial charge on any atom is 0.255 e. The van der Waals surface area contributed by atoms with Crippen LogP contribution in [0.15, 0.2) is 18.5 Å². The summed E-state index contributed by atoms with van der Waals surface area (Å²) in [5, 5.41) is 12.4. The molecule has 0 spiro atoms. The molecule has 104 valence electrons. The summed E-state index contributed by atoms with van der Waals surface area (Å²) in [4.78, 5) is 16.2. The molecule has 2 atom stereocenters. The van der Waals surface area contributed by atoms with E-state index < -0.39 is 0 Å². The number of ether oxygens (including phenoxy) is 1. The maximum atomic E-state index is 12.3. The Bertz CT molecular complexity index is 436. The Morgan fingerprint density at radius 3 is 3.05 bits per heavy atom. The maximum absolute atomic E-state index is 12.3. The van der Waals surface area contributed by atoms with Crippen LogP contribution in [0.5, 0.6) is 5.75 Å². The summed E-state index contributed by atoms with van der Waals surface area (Å²) >= 11 is 0. The molecule has 0 aliphatic heterocycles. The first-order valence-corrected chi connectivity index (χ1v) is 6.66. The highest BCUT2D eigenvalue weighted by Crippen LogP contribution is 2.25. The highest BCUT2D eigenvalue weighted by Gasteiger charge is 2.26. The summed E-state index contributed by atoms with van der Waals surface area (Å²) in [6.45, 7) is 0.123. The molecular formula is C14H20N2O3. The number of hydrogen-bond acceptors (Lipinski definition) is 4. The van der Waals surface area contributed by atoms with Crippen LogP contribution < -0.4 is 10.1 Å². The molecule has 1 fully saturated rings. The molecular weight excluding hydrogens is 244 g/mol. The van der Waals surface area contributed by atoms with Gasteiger partial charge in [-0.2, -0.15) is 0 Å². The standard InChI is InChI=1S/C14H20N2O3/c1-19-13-8-15-7-6-11(13)14(18)16-12-5-3-2-4-10(12)9-17/h6-8,10,12,17H,2-5,9H2,1H3,(H,16,18). The molecule has 0 saturated heterocycles. The number of hydrogen-bond donors (Lipinski definition) is 2. The number of aromatic nitrogens is 1. The van der Waals surface area contributed by atoms with Crippen LogP contribution in [-0.4, -0.2) is 35.8 Å². The van der Waals surface area contributed by atoms with Crippen LogP contribution >= 0.6 is 0 Å². The van der Waals surface area contributed by atoms with E-state index in [2.05, 4.69) is 10.3 Å². The van der Waals surface area contributed by atoms with Gasteiger partial charge in [-0.15, -0.1) is 0 Å². The van der Waals surface area contributed by atoms with E-state index in [1.54, 1.807) is 12.3 Å². The zero-order valence-electron chi connectivity index (χ0n) is 11.1. The number of pyridine rings is 1. The quantitative estimate of drug-likeness (QED) is 0.861. The topological polar surface area (TPSA) is 71.5 Å². The van der Waals surface area contributed by atoms with Crippen molar-refractivity contribution in [3.63, 3.8) is 0 Å². The number of amides is 1. The molecule has 0 radical (unpaired) electrons. The predicted octanol–water partition coefficient (Wildman–Crippen LogP) is 1.37. The van der Waals surface area contributed by atoms with E-state index in [0.717, 1.165) is 25.7 Å². The van der Waals surface area contributed by atoms with Gasteiger partial charge < -0.3 is 15.2 Å². The van der Waals surface area contributed by atoms with Crippen LogP contribution in [0.25, 0.3) is 0 Å². The fourth-order valence-electron chi connectivity index (χ4n) is 2.59. The summed E-state index contributed by atoms with van der Waals surface area (Å²) in [5.74, 6) is 0.464. The molecule has 1 aromatic rings. The van der Waals surface area contributed by atoms with Gasteiger partial charge in [0.1, 0.15) is 5.75 Å². The van der Waals surface area contributed by atoms with Crippen molar-refractivity contribution >= 4 is 5.91 Å². The minimum Gasteiger partial charge on any atom is -0.494 e. The average molecular weight is 264 g/mol. The van der Waals surface area contributed by atoms with Gasteiger partial charge >= 0.3 is 0 Å². The molecule has 19 heavy (non-hydrogen) atoms. The lowest BCUT2D eigenvalue weighted by atomic mass is 9.85. The molecule has 1 heterocycles. The Hall–Kier alpha value is -1.62. The van der Waals surface area contributed by atoms with Crippen LogP contribution in [0.1, 0.15) is 36.0 Å². The monoisotopic (exact) mass is 264 g/mol. The number of aliphatic hydroxyl groups excluding tert-OH is 1. The number of methoxy groups -OCH3 is 1. The van der Waals surface area contributed by atoms with Crippen molar-refractivity contribution in [3.8, 4) is 5.75 Å². The van der Waals surface area contributed by atoms with E-state index in [9.17, 15) is 9.90 Å². The van der Waals surface area contributed by atoms with E-state index in [4.69, 9.17) is 4.74 Å². The first-order valence-electron chi connectivity index (χ1n) is 6.66. The third kappa shape index (κ3) is 3.23. The molecule has 0 bridgehead atoms. The second kappa shape index (κ2) is 6.52. The molecule has 2 N–H and O–H groups in total. The van der Waals surface area contributed by atoms with Gasteiger partial charge in [0.2, 0.25) is 0 Å². The van der Waals surface area contributed by atoms with E-state index in [1.165, 1.54) is 13.3 Å². The van der Waals surface area contributed by atoms with Gasteiger partial charge in [0.05, 0.1) is 18.9 Å². The smallest absolute Gasteiger partial charge is 0.255 e. The third-order valence-corrected chi connectivity index (χ3v) is 3.71. The second-order valence-electron chi connectivity index (χ2n) is 4.88. The van der Waals surface area contributed by atoms with Crippen molar-refractivity contribution < 1.29 is 14.6 Å². The van der Waals surface area contributed by atoms with Crippen molar-refractivity contribution in [2.45, 2.75) is 31.7 Å². The molecule has 1 aromatic heterocycles. The molecule has 2 rings (SSSR count). The largest absolute Gasteiger partial charge is 0.494 e. The van der Waals surface area contributed by atoms with Gasteiger partial charge in [0.25, 0.3) is 5.91 Å². The van der Waals surface area contributed by atoms with Crippen molar-refractivity contribution in [3.05, 3.63) is 24.0 Å². The molecule has 5 heteroatoms. The Kier molecular flexibility index (Phi) is 4.74. The highest BCUT2D eigenvalue weighted by molar-refractivity contribution is 5.96. The normalized spacial score (nSPS) is 22.8. The van der Waals surface area contributed by atoms with Gasteiger partial charge in [-0.1, -0.05) is 12.8 Å². The predicted molar refractivity (Wildman–Crippen MR) is 71.1 cm³/mol. The molecule has 1 aliphatic carbocycles. The van der Waals surface area contributed by atoms with E-state index in [1.807, 2.05) is 0 Å². The van der Waals surface area contributed by atoms with Gasteiger partial charge in [-0.25, -0.2) is 0 Å². The van der Waals surface area contributed by atoms with Gasteiger partial charge in [-0.3, -0.25) is 9.78 Å². The van der Waals surface area contributed by atoms with Crippen LogP contribution in [0.2, 0.25) is 0 Å². The van der Waals surface area contributed by atoms with Crippen LogP contribution in [0.4, 0.5) is 0 Å². The first-order chi connectivity index (χ1) is 9.26. The minimum atomic E-state index is -0.162. The van der Waals surface area contributed by atoms with Crippen LogP contribution in [0, 0.1) is 5.92 Å². The summed E-state index contributed by atoms with van der Waals surface area (Å²) in [6.07, 6.45) is 7.20. The number of carbonyl (C=O) groups excluding carboxylic acids is 1. The molecule has 0 aromatic carbocycles. The molecule has 5 nitrogen and oxygen atoms in total. The van der Waals surface area contributed by atoms with Gasteiger partial charge in [-0.05, 0) is 18.9 Å². The van der Waals surface area contributed by atoms with E-state index in [-0.39, 0.29) is 24.5 Å². The summed E-state index contributed by atoms with van der Waals surface area (Å²) < 4.78 is 5.14. The van der Waals surface area contributed by atoms with Crippen molar-refractivity contribution in [1.82, 2.24) is 10.3 Å². The van der Waals surface area contributed by atoms with Crippen LogP contribution in [-0.2, 0) is 0 Å². The molecule has 2 unspecified atom stereocenters. The molecule has 1 aliphatic rings. The molecule has 1 amide bonds. The summed E-state index contributed by atoms with van der Waals surface area (Å²) in [7, 11) is 1.52. The lowest BCUT2D eigenvalue weighted by Gasteiger charge is -2.30. The molecule has 1 saturated carbocycles. The highest BCUT2D eigenvalue weighted by atomic mass is 16.5. The Morgan fingerprint density at radius 2 is 2.32 bits per heavy atom. The number of aliphatic hydroxyl groups is 1. The minimum absolute atomic E-state index is 0.0455. The Balaban J connectivity index is 2.07. The van der Waals surface area contributed by atoms with E-state index >= 15 is 0 Å². The lowest BCUT2D eigenvalue weighted by molar-refractivity contribution is 0.0869. The average Bonchev–Trinajstić information content (AvgIpc) is 2.47. The Labute approximate surface area is 113 Å². The summed E-state index contributed by atoms with van der Waals surface area (Å²) in [6, 6.07) is 1.69. The zero-order valence-corrected chi connectivity index (χ0v) is 11.1. The number of nitrogens with one attached hydrogen (secondary N) is 1. The lowest BCUT2D eigenvalue weighted by Crippen LogP contribution is -2.43. The summed E-state index contributed by atoms with van der Waals surface area (Å²) in [5.41, 5.74) is 0.486. The van der Waals surface area contributed by atoms with E-state index in [0.29, 0.717) is 11.3 Å². The SMILES string of the molecule is COc1cnccc1C(=O)NC1CCCCC1CO. The Morgan fingerprint density at radius 1 is 1.53 bits per heavy atom. The van der Waals surface area contributed by atoms with Gasteiger partial charge in [0, 0.05) is 24.8 Å².